The highest BCUT2D eigenvalue weighted by atomic mass is 35.5. The van der Waals surface area contributed by atoms with E-state index in [1.54, 1.807) is 12.4 Å². The number of pyridine rings is 1. The lowest BCUT2D eigenvalue weighted by Crippen LogP contribution is -2.14. The van der Waals surface area contributed by atoms with Crippen LogP contribution in [-0.2, 0) is 11.2 Å². The zero-order valence-electron chi connectivity index (χ0n) is 14.6. The third kappa shape index (κ3) is 4.11. The second-order valence-electron chi connectivity index (χ2n) is 6.53. The van der Waals surface area contributed by atoms with Crippen LogP contribution in [0, 0.1) is 6.92 Å². The molecule has 2 heterocycles. The van der Waals surface area contributed by atoms with Crippen LogP contribution in [0.1, 0.15) is 35.7 Å². The molecule has 1 saturated carbocycles. The van der Waals surface area contributed by atoms with Crippen molar-refractivity contribution in [2.45, 2.75) is 32.1 Å². The summed E-state index contributed by atoms with van der Waals surface area (Å²) in [4.78, 5) is 16.2. The van der Waals surface area contributed by atoms with Gasteiger partial charge >= 0.3 is 0 Å². The number of benzene rings is 1. The van der Waals surface area contributed by atoms with Gasteiger partial charge in [0.1, 0.15) is 0 Å². The number of carbonyl (C=O) groups is 1. The second kappa shape index (κ2) is 7.70. The van der Waals surface area contributed by atoms with E-state index >= 15 is 0 Å². The zero-order valence-corrected chi connectivity index (χ0v) is 15.4. The first-order chi connectivity index (χ1) is 12.2. The Morgan fingerprint density at radius 3 is 2.65 bits per heavy atom. The summed E-state index contributed by atoms with van der Waals surface area (Å²) in [6, 6.07) is 13.7. The van der Waals surface area contributed by atoms with Gasteiger partial charge in [0.15, 0.2) is 0 Å². The van der Waals surface area contributed by atoms with Gasteiger partial charge in [-0.1, -0.05) is 6.07 Å². The summed E-state index contributed by atoms with van der Waals surface area (Å²) in [5.41, 5.74) is 5.04. The molecule has 0 unspecified atom stereocenters. The smallest absolute Gasteiger partial charge is 0.228 e. The van der Waals surface area contributed by atoms with Gasteiger partial charge in [0.05, 0.1) is 17.8 Å². The van der Waals surface area contributed by atoms with Crippen LogP contribution >= 0.6 is 12.4 Å². The zero-order chi connectivity index (χ0) is 17.2. The van der Waals surface area contributed by atoms with Crippen molar-refractivity contribution in [2.75, 3.05) is 5.32 Å². The number of nitrogens with one attached hydrogen (secondary N) is 1. The maximum Gasteiger partial charge on any atom is 0.228 e. The largest absolute Gasteiger partial charge is 0.326 e. The molecule has 2 aromatic heterocycles. The summed E-state index contributed by atoms with van der Waals surface area (Å²) >= 11 is 0. The first-order valence-electron chi connectivity index (χ1n) is 8.55. The normalized spacial score (nSPS) is 13.1. The van der Waals surface area contributed by atoms with E-state index in [1.807, 2.05) is 48.0 Å². The van der Waals surface area contributed by atoms with E-state index in [2.05, 4.69) is 21.5 Å². The summed E-state index contributed by atoms with van der Waals surface area (Å²) in [7, 11) is 0. The molecule has 0 bridgehead atoms. The number of hydrogen-bond acceptors (Lipinski definition) is 3. The number of halogens is 1. The van der Waals surface area contributed by atoms with Crippen molar-refractivity contribution in [1.82, 2.24) is 14.8 Å². The van der Waals surface area contributed by atoms with E-state index in [4.69, 9.17) is 0 Å². The van der Waals surface area contributed by atoms with E-state index < -0.39 is 0 Å². The Kier molecular flexibility index (Phi) is 5.38. The first kappa shape index (κ1) is 18.1. The minimum absolute atomic E-state index is 0. The van der Waals surface area contributed by atoms with Crippen LogP contribution in [0.4, 0.5) is 5.69 Å². The highest BCUT2D eigenvalue weighted by Crippen LogP contribution is 2.41. The van der Waals surface area contributed by atoms with E-state index in [9.17, 15) is 4.79 Å². The first-order valence-corrected chi connectivity index (χ1v) is 8.55. The summed E-state index contributed by atoms with van der Waals surface area (Å²) in [6.07, 6.45) is 6.22. The van der Waals surface area contributed by atoms with Gasteiger partial charge in [-0.15, -0.1) is 12.4 Å². The molecule has 1 aliphatic carbocycles. The third-order valence-corrected chi connectivity index (χ3v) is 4.34. The molecule has 26 heavy (non-hydrogen) atoms. The van der Waals surface area contributed by atoms with Gasteiger partial charge in [-0.2, -0.15) is 5.10 Å². The van der Waals surface area contributed by atoms with Gasteiger partial charge in [0.2, 0.25) is 5.91 Å². The minimum atomic E-state index is -0.0469. The van der Waals surface area contributed by atoms with E-state index in [1.165, 1.54) is 18.5 Å². The van der Waals surface area contributed by atoms with Gasteiger partial charge in [-0.25, -0.2) is 4.68 Å². The maximum absolute atomic E-state index is 12.1. The van der Waals surface area contributed by atoms with Gasteiger partial charge in [-0.3, -0.25) is 9.78 Å². The summed E-state index contributed by atoms with van der Waals surface area (Å²) in [5, 5.41) is 7.54. The van der Waals surface area contributed by atoms with E-state index in [0.717, 1.165) is 22.6 Å². The average molecular weight is 369 g/mol. The van der Waals surface area contributed by atoms with Crippen molar-refractivity contribution in [3.8, 4) is 5.69 Å². The van der Waals surface area contributed by atoms with Crippen LogP contribution in [0.3, 0.4) is 0 Å². The quantitative estimate of drug-likeness (QED) is 0.738. The average Bonchev–Trinajstić information content (AvgIpc) is 3.38. The fourth-order valence-electron chi connectivity index (χ4n) is 2.98. The lowest BCUT2D eigenvalue weighted by molar-refractivity contribution is -0.115. The highest BCUT2D eigenvalue weighted by Gasteiger charge is 2.28. The third-order valence-electron chi connectivity index (χ3n) is 4.34. The number of hydrogen-bond donors (Lipinski definition) is 1. The maximum atomic E-state index is 12.1. The van der Waals surface area contributed by atoms with Crippen LogP contribution in [0.2, 0.25) is 0 Å². The molecule has 0 spiro atoms. The second-order valence-corrected chi connectivity index (χ2v) is 6.53. The Bertz CT molecular complexity index is 886. The molecule has 1 fully saturated rings. The predicted octanol–water partition coefficient (Wildman–Crippen LogP) is 4.06. The SMILES string of the molecule is Cc1cc(C2CC2)n(-c2ccc(NC(=O)Cc3cccnc3)cc2)n1.Cl. The molecular weight excluding hydrogens is 348 g/mol. The number of nitrogens with zero attached hydrogens (tertiary/aromatic N) is 3. The fourth-order valence-corrected chi connectivity index (χ4v) is 2.98. The Labute approximate surface area is 158 Å². The van der Waals surface area contributed by atoms with Gasteiger partial charge in [0, 0.05) is 29.7 Å². The molecule has 6 heteroatoms. The van der Waals surface area contributed by atoms with Crippen LogP contribution in [0.5, 0.6) is 0 Å². The number of rotatable bonds is 5. The van der Waals surface area contributed by atoms with E-state index in [0.29, 0.717) is 12.3 Å². The van der Waals surface area contributed by atoms with Crippen LogP contribution in [0.15, 0.2) is 54.9 Å². The Morgan fingerprint density at radius 1 is 1.23 bits per heavy atom. The van der Waals surface area contributed by atoms with Crippen LogP contribution in [-0.4, -0.2) is 20.7 Å². The molecule has 134 valence electrons. The van der Waals surface area contributed by atoms with Crippen molar-refractivity contribution in [2.24, 2.45) is 0 Å². The Balaban J connectivity index is 0.00000196. The summed E-state index contributed by atoms with van der Waals surface area (Å²) in [5.74, 6) is 0.592. The Hall–Kier alpha value is -2.66. The van der Waals surface area contributed by atoms with Crippen molar-refractivity contribution in [3.63, 3.8) is 0 Å². The number of aromatic nitrogens is 3. The number of aryl methyl sites for hydroxylation is 1. The van der Waals surface area contributed by atoms with Gasteiger partial charge in [-0.05, 0) is 61.7 Å². The van der Waals surface area contributed by atoms with Crippen molar-refractivity contribution in [1.29, 1.82) is 0 Å². The lowest BCUT2D eigenvalue weighted by Gasteiger charge is -2.09. The van der Waals surface area contributed by atoms with Crippen LogP contribution in [0.25, 0.3) is 5.69 Å². The number of carbonyl (C=O) groups excluding carboxylic acids is 1. The van der Waals surface area contributed by atoms with Gasteiger partial charge < -0.3 is 5.32 Å². The topological polar surface area (TPSA) is 59.8 Å². The van der Waals surface area contributed by atoms with Crippen molar-refractivity contribution < 1.29 is 4.79 Å². The summed E-state index contributed by atoms with van der Waals surface area (Å²) < 4.78 is 2.02. The van der Waals surface area contributed by atoms with E-state index in [-0.39, 0.29) is 18.3 Å². The number of anilines is 1. The Morgan fingerprint density at radius 2 is 2.00 bits per heavy atom. The molecule has 5 nitrogen and oxygen atoms in total. The van der Waals surface area contributed by atoms with Crippen molar-refractivity contribution in [3.05, 3.63) is 71.8 Å². The molecule has 4 rings (SSSR count). The standard InChI is InChI=1S/C20H20N4O.ClH/c1-14-11-19(16-4-5-16)24(23-14)18-8-6-17(7-9-18)22-20(25)12-15-3-2-10-21-13-15;/h2-3,6-11,13,16H,4-5,12H2,1H3,(H,22,25);1H. The predicted molar refractivity (Wildman–Crippen MR) is 104 cm³/mol. The molecular formula is C20H21ClN4O. The molecule has 3 aromatic rings. The molecule has 0 saturated heterocycles. The molecule has 1 N–H and O–H groups in total. The summed E-state index contributed by atoms with van der Waals surface area (Å²) in [6.45, 7) is 2.02. The molecule has 0 atom stereocenters. The van der Waals surface area contributed by atoms with Crippen LogP contribution < -0.4 is 5.32 Å². The monoisotopic (exact) mass is 368 g/mol. The fraction of sp³-hybridized carbons (Fsp3) is 0.250. The lowest BCUT2D eigenvalue weighted by atomic mass is 10.2. The molecule has 1 amide bonds. The highest BCUT2D eigenvalue weighted by molar-refractivity contribution is 5.92. The molecule has 0 radical (unpaired) electrons. The van der Waals surface area contributed by atoms with Gasteiger partial charge in [0.25, 0.3) is 0 Å². The molecule has 0 aliphatic heterocycles. The minimum Gasteiger partial charge on any atom is -0.326 e. The number of amides is 1. The van der Waals surface area contributed by atoms with Crippen molar-refractivity contribution >= 4 is 24.0 Å². The molecule has 1 aromatic carbocycles. The molecule has 1 aliphatic rings.